The Morgan fingerprint density at radius 1 is 1.65 bits per heavy atom. The summed E-state index contributed by atoms with van der Waals surface area (Å²) in [5, 5.41) is 9.60. The van der Waals surface area contributed by atoms with Crippen LogP contribution in [0.4, 0.5) is 10.2 Å². The Kier molecular flexibility index (Phi) is 4.54. The van der Waals surface area contributed by atoms with Crippen molar-refractivity contribution < 1.29 is 9.18 Å². The van der Waals surface area contributed by atoms with Gasteiger partial charge in [-0.3, -0.25) is 9.89 Å². The molecule has 2 N–H and O–H groups in total. The lowest BCUT2D eigenvalue weighted by molar-refractivity contribution is 0.0982. The Morgan fingerprint density at radius 2 is 2.40 bits per heavy atom. The first-order valence-corrected chi connectivity index (χ1v) is 7.12. The summed E-state index contributed by atoms with van der Waals surface area (Å²) in [4.78, 5) is 11.7. The molecule has 1 aliphatic rings. The zero-order valence-corrected chi connectivity index (χ0v) is 12.7. The number of Topliss-reactive ketones (excluding diaryl/α,β-unsaturated/α-hetero) is 1. The molecule has 1 aliphatic carbocycles. The summed E-state index contributed by atoms with van der Waals surface area (Å²) >= 11 is 3.31. The molecule has 6 heteroatoms. The first kappa shape index (κ1) is 14.7. The van der Waals surface area contributed by atoms with E-state index in [1.165, 1.54) is 0 Å². The van der Waals surface area contributed by atoms with Crippen LogP contribution in [-0.2, 0) is 0 Å². The van der Waals surface area contributed by atoms with Gasteiger partial charge in [-0.25, -0.2) is 4.39 Å². The average Bonchev–Trinajstić information content (AvgIpc) is 2.80. The quantitative estimate of drug-likeness (QED) is 0.788. The lowest BCUT2D eigenvalue weighted by atomic mass is 10.0. The third-order valence-electron chi connectivity index (χ3n) is 3.01. The minimum absolute atomic E-state index is 0.0500. The van der Waals surface area contributed by atoms with Gasteiger partial charge in [0.2, 0.25) is 0 Å². The number of aromatic nitrogens is 2. The van der Waals surface area contributed by atoms with E-state index in [0.717, 1.165) is 0 Å². The lowest BCUT2D eigenvalue weighted by Crippen LogP contribution is -2.04. The van der Waals surface area contributed by atoms with Gasteiger partial charge in [-0.15, -0.1) is 0 Å². The molecule has 0 amide bonds. The molecule has 106 valence electrons. The molecule has 0 aromatic carbocycles. The normalized spacial score (nSPS) is 14.6. The molecule has 4 nitrogen and oxygen atoms in total. The van der Waals surface area contributed by atoms with Crippen LogP contribution < -0.4 is 5.32 Å². The Morgan fingerprint density at radius 3 is 3.05 bits per heavy atom. The predicted octanol–water partition coefficient (Wildman–Crippen LogP) is 4.26. The number of rotatable bonds is 5. The van der Waals surface area contributed by atoms with Crippen LogP contribution in [-0.4, -0.2) is 16.0 Å². The fraction of sp³-hybridized carbons (Fsp3) is 0.286. The van der Waals surface area contributed by atoms with E-state index in [-0.39, 0.29) is 11.6 Å². The second-order valence-corrected chi connectivity index (χ2v) is 5.19. The van der Waals surface area contributed by atoms with E-state index in [2.05, 4.69) is 38.0 Å². The summed E-state index contributed by atoms with van der Waals surface area (Å²) in [5.74, 6) is 0.179. The topological polar surface area (TPSA) is 57.8 Å². The minimum Gasteiger partial charge on any atom is -0.338 e. The van der Waals surface area contributed by atoms with Crippen LogP contribution in [0.25, 0.3) is 0 Å². The summed E-state index contributed by atoms with van der Waals surface area (Å²) in [6.45, 7) is 5.59. The highest BCUT2D eigenvalue weighted by molar-refractivity contribution is 9.10. The van der Waals surface area contributed by atoms with Crippen LogP contribution in [0.15, 0.2) is 40.3 Å². The van der Waals surface area contributed by atoms with Crippen LogP contribution in [0.1, 0.15) is 36.7 Å². The van der Waals surface area contributed by atoms with E-state index in [1.807, 2.05) is 6.08 Å². The summed E-state index contributed by atoms with van der Waals surface area (Å²) < 4.78 is 14.3. The van der Waals surface area contributed by atoms with Crippen molar-refractivity contribution in [3.05, 3.63) is 46.0 Å². The van der Waals surface area contributed by atoms with Gasteiger partial charge in [0.05, 0.1) is 4.47 Å². The van der Waals surface area contributed by atoms with Gasteiger partial charge < -0.3 is 5.32 Å². The van der Waals surface area contributed by atoms with Crippen LogP contribution in [0.5, 0.6) is 0 Å². The number of aromatic amines is 1. The molecule has 0 unspecified atom stereocenters. The molecular formula is C14H15BrFN3O. The Bertz CT molecular complexity index is 616. The number of hydrogen-bond acceptors (Lipinski definition) is 3. The van der Waals surface area contributed by atoms with E-state index < -0.39 is 0 Å². The molecule has 0 atom stereocenters. The zero-order valence-electron chi connectivity index (χ0n) is 11.1. The molecule has 1 aromatic heterocycles. The van der Waals surface area contributed by atoms with Gasteiger partial charge in [0, 0.05) is 24.1 Å². The summed E-state index contributed by atoms with van der Waals surface area (Å²) in [6, 6.07) is 0. The second-order valence-electron chi connectivity index (χ2n) is 4.40. The van der Waals surface area contributed by atoms with Crippen molar-refractivity contribution in [2.24, 2.45) is 0 Å². The SMILES string of the molecule is C=C(Nc1n[nH]c(C(=O)CC)c1Br)C1=C(F)CCC=C1. The van der Waals surface area contributed by atoms with Gasteiger partial charge in [-0.2, -0.15) is 5.10 Å². The molecule has 1 heterocycles. The molecule has 0 radical (unpaired) electrons. The number of anilines is 1. The van der Waals surface area contributed by atoms with E-state index in [1.54, 1.807) is 13.0 Å². The first-order valence-electron chi connectivity index (χ1n) is 6.33. The number of hydrogen-bond donors (Lipinski definition) is 2. The van der Waals surface area contributed by atoms with Crippen molar-refractivity contribution in [1.82, 2.24) is 10.2 Å². The highest BCUT2D eigenvalue weighted by atomic mass is 79.9. The Hall–Kier alpha value is -1.69. The molecular weight excluding hydrogens is 325 g/mol. The van der Waals surface area contributed by atoms with Crippen LogP contribution >= 0.6 is 15.9 Å². The number of allylic oxidation sites excluding steroid dienone is 3. The van der Waals surface area contributed by atoms with E-state index in [0.29, 0.717) is 46.5 Å². The van der Waals surface area contributed by atoms with Crippen LogP contribution in [0.2, 0.25) is 0 Å². The van der Waals surface area contributed by atoms with Crippen molar-refractivity contribution in [2.45, 2.75) is 26.2 Å². The van der Waals surface area contributed by atoms with Crippen LogP contribution in [0.3, 0.4) is 0 Å². The van der Waals surface area contributed by atoms with E-state index in [4.69, 9.17) is 0 Å². The molecule has 0 bridgehead atoms. The number of nitrogens with one attached hydrogen (secondary N) is 2. The molecule has 1 aromatic rings. The number of halogens is 2. The molecule has 0 saturated heterocycles. The number of ketones is 1. The zero-order chi connectivity index (χ0) is 14.7. The molecule has 20 heavy (non-hydrogen) atoms. The van der Waals surface area contributed by atoms with Gasteiger partial charge >= 0.3 is 0 Å². The van der Waals surface area contributed by atoms with Gasteiger partial charge in [0.15, 0.2) is 11.6 Å². The maximum Gasteiger partial charge on any atom is 0.181 e. The maximum atomic E-state index is 13.7. The number of carbonyl (C=O) groups is 1. The first-order chi connectivity index (χ1) is 9.54. The van der Waals surface area contributed by atoms with Crippen molar-refractivity contribution in [3.63, 3.8) is 0 Å². The average molecular weight is 340 g/mol. The summed E-state index contributed by atoms with van der Waals surface area (Å²) in [6.07, 6.45) is 5.06. The molecule has 0 spiro atoms. The summed E-state index contributed by atoms with van der Waals surface area (Å²) in [7, 11) is 0. The Balaban J connectivity index is 2.19. The van der Waals surface area contributed by atoms with Crippen LogP contribution in [0, 0.1) is 0 Å². The molecule has 0 aliphatic heterocycles. The van der Waals surface area contributed by atoms with Gasteiger partial charge in [-0.1, -0.05) is 25.7 Å². The standard InChI is InChI=1S/C14H15BrFN3O/c1-3-11(20)13-12(15)14(19-18-13)17-8(2)9-6-4-5-7-10(9)16/h4,6H,2-3,5,7H2,1H3,(H2,17,18,19). The van der Waals surface area contributed by atoms with E-state index >= 15 is 0 Å². The summed E-state index contributed by atoms with van der Waals surface area (Å²) in [5.41, 5.74) is 1.26. The monoisotopic (exact) mass is 339 g/mol. The third kappa shape index (κ3) is 2.90. The fourth-order valence-corrected chi connectivity index (χ4v) is 2.38. The third-order valence-corrected chi connectivity index (χ3v) is 3.78. The Labute approximate surface area is 125 Å². The second kappa shape index (κ2) is 6.17. The van der Waals surface area contributed by atoms with Crippen molar-refractivity contribution in [2.75, 3.05) is 5.32 Å². The molecule has 0 saturated carbocycles. The molecule has 0 fully saturated rings. The highest BCUT2D eigenvalue weighted by Gasteiger charge is 2.18. The van der Waals surface area contributed by atoms with Crippen molar-refractivity contribution in [1.29, 1.82) is 0 Å². The van der Waals surface area contributed by atoms with Crippen molar-refractivity contribution >= 4 is 27.5 Å². The lowest BCUT2D eigenvalue weighted by Gasteiger charge is -2.13. The predicted molar refractivity (Wildman–Crippen MR) is 80.2 cm³/mol. The number of carbonyl (C=O) groups excluding carboxylic acids is 1. The molecule has 2 rings (SSSR count). The largest absolute Gasteiger partial charge is 0.338 e. The maximum absolute atomic E-state index is 13.7. The van der Waals surface area contributed by atoms with Gasteiger partial charge in [-0.05, 0) is 22.4 Å². The number of H-pyrrole nitrogens is 1. The highest BCUT2D eigenvalue weighted by Crippen LogP contribution is 2.29. The van der Waals surface area contributed by atoms with Gasteiger partial charge in [0.1, 0.15) is 11.5 Å². The fourth-order valence-electron chi connectivity index (χ4n) is 1.88. The smallest absolute Gasteiger partial charge is 0.181 e. The number of nitrogens with zero attached hydrogens (tertiary/aromatic N) is 1. The minimum atomic E-state index is -0.193. The van der Waals surface area contributed by atoms with Gasteiger partial charge in [0.25, 0.3) is 0 Å². The van der Waals surface area contributed by atoms with Crippen molar-refractivity contribution in [3.8, 4) is 0 Å². The van der Waals surface area contributed by atoms with E-state index in [9.17, 15) is 9.18 Å².